The third-order valence-electron chi connectivity index (χ3n) is 2.98. The summed E-state index contributed by atoms with van der Waals surface area (Å²) in [6.07, 6.45) is 1.02. The molecule has 1 aromatic rings. The number of nitro benzene ring substituents is 1. The first-order valence-electron chi connectivity index (χ1n) is 6.47. The number of hydroxylamine groups is 1. The van der Waals surface area contributed by atoms with Crippen LogP contribution < -0.4 is 10.2 Å². The minimum absolute atomic E-state index is 0.0835. The van der Waals surface area contributed by atoms with Crippen LogP contribution in [0.1, 0.15) is 25.3 Å². The summed E-state index contributed by atoms with van der Waals surface area (Å²) in [5, 5.41) is 10.7. The summed E-state index contributed by atoms with van der Waals surface area (Å²) >= 11 is 0. The van der Waals surface area contributed by atoms with E-state index in [4.69, 9.17) is 4.74 Å². The molecule has 1 aliphatic carbocycles. The molecule has 0 aliphatic heterocycles. The van der Waals surface area contributed by atoms with E-state index in [1.165, 1.54) is 18.2 Å². The van der Waals surface area contributed by atoms with Crippen LogP contribution in [0.25, 0.3) is 0 Å². The second-order valence-electron chi connectivity index (χ2n) is 4.59. The van der Waals surface area contributed by atoms with Gasteiger partial charge in [0.15, 0.2) is 0 Å². The fourth-order valence-corrected chi connectivity index (χ4v) is 1.67. The van der Waals surface area contributed by atoms with E-state index in [9.17, 15) is 19.7 Å². The number of ether oxygens (including phenoxy) is 1. The number of hydrogen-bond donors (Lipinski definition) is 1. The molecule has 0 bridgehead atoms. The van der Waals surface area contributed by atoms with E-state index in [1.807, 2.05) is 5.48 Å². The van der Waals surface area contributed by atoms with Crippen LogP contribution in [0.5, 0.6) is 5.75 Å². The van der Waals surface area contributed by atoms with Gasteiger partial charge in [0.25, 0.3) is 5.69 Å². The average Bonchev–Trinajstić information content (AvgIpc) is 3.29. The molecule has 1 fully saturated rings. The van der Waals surface area contributed by atoms with Crippen molar-refractivity contribution in [2.45, 2.75) is 26.2 Å². The summed E-state index contributed by atoms with van der Waals surface area (Å²) in [4.78, 5) is 37.5. The number of rotatable bonds is 4. The Morgan fingerprint density at radius 3 is 2.71 bits per heavy atom. The van der Waals surface area contributed by atoms with Crippen LogP contribution in [0.4, 0.5) is 10.5 Å². The molecule has 0 saturated heterocycles. The van der Waals surface area contributed by atoms with E-state index < -0.39 is 17.0 Å². The summed E-state index contributed by atoms with van der Waals surface area (Å²) in [5.74, 6) is -0.453. The van der Waals surface area contributed by atoms with Gasteiger partial charge < -0.3 is 9.57 Å². The summed E-state index contributed by atoms with van der Waals surface area (Å²) in [7, 11) is 0. The molecule has 112 valence electrons. The van der Waals surface area contributed by atoms with Gasteiger partial charge >= 0.3 is 12.1 Å². The van der Waals surface area contributed by atoms with E-state index in [0.29, 0.717) is 12.0 Å². The lowest BCUT2D eigenvalue weighted by molar-refractivity contribution is -0.384. The second kappa shape index (κ2) is 6.21. The Labute approximate surface area is 120 Å². The van der Waals surface area contributed by atoms with Crippen LogP contribution >= 0.6 is 0 Å². The molecule has 2 rings (SSSR count). The maximum Gasteiger partial charge on any atom is 0.446 e. The van der Waals surface area contributed by atoms with Crippen LogP contribution in [-0.2, 0) is 16.1 Å². The largest absolute Gasteiger partial charge is 0.446 e. The summed E-state index contributed by atoms with van der Waals surface area (Å²) in [5.41, 5.74) is 2.32. The Kier molecular flexibility index (Phi) is 4.36. The predicted molar refractivity (Wildman–Crippen MR) is 70.5 cm³/mol. The molecule has 0 aromatic heterocycles. The van der Waals surface area contributed by atoms with E-state index in [0.717, 1.165) is 12.8 Å². The first-order valence-corrected chi connectivity index (χ1v) is 6.47. The molecule has 0 unspecified atom stereocenters. The maximum absolute atomic E-state index is 11.5. The zero-order valence-corrected chi connectivity index (χ0v) is 11.3. The predicted octanol–water partition coefficient (Wildman–Crippen LogP) is 2.11. The number of amides is 1. The lowest BCUT2D eigenvalue weighted by Crippen LogP contribution is -2.30. The molecular weight excluding hydrogens is 280 g/mol. The van der Waals surface area contributed by atoms with Crippen LogP contribution in [-0.4, -0.2) is 17.0 Å². The highest BCUT2D eigenvalue weighted by molar-refractivity contribution is 5.77. The number of nitro groups is 1. The second-order valence-corrected chi connectivity index (χ2v) is 4.59. The number of aryl methyl sites for hydroxylation is 1. The fraction of sp³-hybridized carbons (Fsp3) is 0.385. The Bertz CT molecular complexity index is 582. The molecule has 1 aliphatic rings. The van der Waals surface area contributed by atoms with Gasteiger partial charge in [0.2, 0.25) is 0 Å². The highest BCUT2D eigenvalue weighted by Gasteiger charge is 2.32. The topological polar surface area (TPSA) is 108 Å². The monoisotopic (exact) mass is 294 g/mol. The molecule has 0 spiro atoms. The van der Waals surface area contributed by atoms with Crippen LogP contribution in [0.2, 0.25) is 0 Å². The number of carbonyl (C=O) groups is 2. The van der Waals surface area contributed by atoms with Crippen molar-refractivity contribution in [2.75, 3.05) is 0 Å². The van der Waals surface area contributed by atoms with Crippen molar-refractivity contribution in [3.63, 3.8) is 0 Å². The van der Waals surface area contributed by atoms with Gasteiger partial charge in [-0.3, -0.25) is 10.1 Å². The number of benzene rings is 1. The third-order valence-corrected chi connectivity index (χ3v) is 2.98. The van der Waals surface area contributed by atoms with Gasteiger partial charge in [0, 0.05) is 17.7 Å². The van der Waals surface area contributed by atoms with E-state index in [-0.39, 0.29) is 17.4 Å². The number of nitrogens with one attached hydrogen (secondary N) is 1. The highest BCUT2D eigenvalue weighted by Crippen LogP contribution is 2.29. The molecule has 1 amide bonds. The number of non-ortho nitro benzene ring substituents is 1. The van der Waals surface area contributed by atoms with Gasteiger partial charge in [0.1, 0.15) is 5.75 Å². The SMILES string of the molecule is CCc1cc([N+](=O)[O-])ccc1OC(=O)NOC(=O)C1CC1. The minimum Gasteiger partial charge on any atom is -0.408 e. The van der Waals surface area contributed by atoms with Crippen molar-refractivity contribution in [1.82, 2.24) is 5.48 Å². The van der Waals surface area contributed by atoms with Crippen molar-refractivity contribution >= 4 is 17.7 Å². The first kappa shape index (κ1) is 14.8. The summed E-state index contributed by atoms with van der Waals surface area (Å²) in [6.45, 7) is 1.77. The maximum atomic E-state index is 11.5. The van der Waals surface area contributed by atoms with Crippen LogP contribution in [0, 0.1) is 16.0 Å². The Morgan fingerprint density at radius 1 is 1.43 bits per heavy atom. The average molecular weight is 294 g/mol. The van der Waals surface area contributed by atoms with Crippen molar-refractivity contribution in [3.05, 3.63) is 33.9 Å². The molecule has 0 atom stereocenters. The van der Waals surface area contributed by atoms with Crippen molar-refractivity contribution in [2.24, 2.45) is 5.92 Å². The van der Waals surface area contributed by atoms with Gasteiger partial charge in [-0.15, -0.1) is 5.48 Å². The quantitative estimate of drug-likeness (QED) is 0.673. The molecule has 8 nitrogen and oxygen atoms in total. The number of hydrogen-bond acceptors (Lipinski definition) is 6. The smallest absolute Gasteiger partial charge is 0.408 e. The van der Waals surface area contributed by atoms with Crippen molar-refractivity contribution in [1.29, 1.82) is 0 Å². The summed E-state index contributed by atoms with van der Waals surface area (Å²) < 4.78 is 4.97. The molecule has 0 radical (unpaired) electrons. The molecule has 0 heterocycles. The van der Waals surface area contributed by atoms with E-state index in [1.54, 1.807) is 6.92 Å². The normalized spacial score (nSPS) is 13.4. The molecular formula is C13H14N2O6. The Balaban J connectivity index is 1.95. The zero-order valence-electron chi connectivity index (χ0n) is 11.3. The minimum atomic E-state index is -0.951. The molecule has 1 saturated carbocycles. The van der Waals surface area contributed by atoms with Gasteiger partial charge in [0.05, 0.1) is 10.8 Å². The Morgan fingerprint density at radius 2 is 2.14 bits per heavy atom. The molecule has 8 heteroatoms. The van der Waals surface area contributed by atoms with Gasteiger partial charge in [-0.05, 0) is 25.3 Å². The fourth-order valence-electron chi connectivity index (χ4n) is 1.67. The van der Waals surface area contributed by atoms with Crippen LogP contribution in [0.15, 0.2) is 18.2 Å². The molecule has 21 heavy (non-hydrogen) atoms. The number of nitrogens with zero attached hydrogens (tertiary/aromatic N) is 1. The van der Waals surface area contributed by atoms with Crippen LogP contribution in [0.3, 0.4) is 0 Å². The lowest BCUT2D eigenvalue weighted by atomic mass is 10.1. The van der Waals surface area contributed by atoms with Gasteiger partial charge in [-0.25, -0.2) is 9.59 Å². The van der Waals surface area contributed by atoms with Crippen molar-refractivity contribution < 1.29 is 24.1 Å². The van der Waals surface area contributed by atoms with E-state index >= 15 is 0 Å². The standard InChI is InChI=1S/C13H14N2O6/c1-2-8-7-10(15(18)19)5-6-11(8)20-13(17)14-21-12(16)9-3-4-9/h5-7,9H,2-4H2,1H3,(H,14,17). The van der Waals surface area contributed by atoms with Gasteiger partial charge in [-0.2, -0.15) is 0 Å². The van der Waals surface area contributed by atoms with Gasteiger partial charge in [-0.1, -0.05) is 6.92 Å². The third kappa shape index (κ3) is 3.91. The molecule has 1 aromatic carbocycles. The Hall–Kier alpha value is -2.64. The highest BCUT2D eigenvalue weighted by atomic mass is 16.7. The summed E-state index contributed by atoms with van der Waals surface area (Å²) in [6, 6.07) is 3.90. The zero-order chi connectivity index (χ0) is 15.4. The lowest BCUT2D eigenvalue weighted by Gasteiger charge is -2.09. The van der Waals surface area contributed by atoms with Crippen molar-refractivity contribution in [3.8, 4) is 5.75 Å². The van der Waals surface area contributed by atoms with E-state index in [2.05, 4.69) is 4.84 Å². The first-order chi connectivity index (χ1) is 10.0. The molecule has 1 N–H and O–H groups in total. The number of carbonyl (C=O) groups excluding carboxylic acids is 2.